The maximum Gasteiger partial charge on any atom is 0.257 e. The molecule has 0 spiro atoms. The van der Waals surface area contributed by atoms with Crippen molar-refractivity contribution in [2.75, 3.05) is 32.2 Å². The second kappa shape index (κ2) is 8.91. The molecule has 0 aliphatic carbocycles. The Morgan fingerprint density at radius 3 is 2.87 bits per heavy atom. The lowest BCUT2D eigenvalue weighted by molar-refractivity contribution is 0.162. The van der Waals surface area contributed by atoms with Gasteiger partial charge >= 0.3 is 0 Å². The van der Waals surface area contributed by atoms with Crippen LogP contribution in [0.5, 0.6) is 17.5 Å². The zero-order valence-corrected chi connectivity index (χ0v) is 16.8. The summed E-state index contributed by atoms with van der Waals surface area (Å²) in [6, 6.07) is 5.60. The summed E-state index contributed by atoms with van der Waals surface area (Å²) in [5, 5.41) is 12.9. The smallest absolute Gasteiger partial charge is 0.257 e. The van der Waals surface area contributed by atoms with Crippen molar-refractivity contribution in [2.45, 2.75) is 19.4 Å². The van der Waals surface area contributed by atoms with Crippen LogP contribution in [0.15, 0.2) is 36.9 Å². The fraction of sp³-hybridized carbons (Fsp3) is 0.333. The van der Waals surface area contributed by atoms with E-state index in [0.717, 1.165) is 11.1 Å². The molecule has 3 aromatic rings. The number of nitrogens with zero attached hydrogens (tertiary/aromatic N) is 4. The largest absolute Gasteiger partial charge is 0.484 e. The molecule has 3 aromatic heterocycles. The van der Waals surface area contributed by atoms with Crippen molar-refractivity contribution in [1.82, 2.24) is 19.9 Å². The van der Waals surface area contributed by atoms with E-state index in [1.165, 1.54) is 13.4 Å². The van der Waals surface area contributed by atoms with Crippen LogP contribution >= 0.6 is 0 Å². The molecule has 4 rings (SSSR count). The first-order chi connectivity index (χ1) is 14.7. The summed E-state index contributed by atoms with van der Waals surface area (Å²) < 4.78 is 16.5. The molecule has 0 unspecified atom stereocenters. The van der Waals surface area contributed by atoms with Crippen molar-refractivity contribution in [2.24, 2.45) is 0 Å². The predicted molar refractivity (Wildman–Crippen MR) is 110 cm³/mol. The molecular formula is C21H23N5O4. The third-order valence-electron chi connectivity index (χ3n) is 4.84. The van der Waals surface area contributed by atoms with E-state index in [2.05, 4.69) is 32.2 Å². The number of anilines is 1. The number of aliphatic hydroxyl groups excluding tert-OH is 1. The standard InChI is InChI=1S/C21H23N5O4/c1-13(16-3-4-22-21-19(16)29-5-6-30-21)9-23-18-8-17(25-12-26-18)14-7-15(11-27)20(28-2)24-10-14/h3-4,7-8,10,12-13,27H,5-6,9,11H2,1-2H3,(H,23,25,26)/t13-/m1/s1. The zero-order valence-electron chi connectivity index (χ0n) is 16.8. The molecule has 0 aromatic carbocycles. The number of aromatic nitrogens is 4. The first-order valence-corrected chi connectivity index (χ1v) is 9.64. The quantitative estimate of drug-likeness (QED) is 0.607. The Hall–Kier alpha value is -3.46. The monoisotopic (exact) mass is 409 g/mol. The molecule has 0 bridgehead atoms. The van der Waals surface area contributed by atoms with E-state index < -0.39 is 0 Å². The number of ether oxygens (including phenoxy) is 3. The fourth-order valence-electron chi connectivity index (χ4n) is 3.28. The first kappa shape index (κ1) is 19.8. The maximum absolute atomic E-state index is 9.52. The van der Waals surface area contributed by atoms with Gasteiger partial charge in [-0.1, -0.05) is 6.92 Å². The van der Waals surface area contributed by atoms with E-state index in [1.807, 2.05) is 12.1 Å². The van der Waals surface area contributed by atoms with E-state index in [9.17, 15) is 5.11 Å². The number of rotatable bonds is 7. The third kappa shape index (κ3) is 4.11. The summed E-state index contributed by atoms with van der Waals surface area (Å²) in [6.45, 7) is 3.60. The average molecular weight is 409 g/mol. The van der Waals surface area contributed by atoms with Crippen LogP contribution in [0.3, 0.4) is 0 Å². The molecule has 1 aliphatic rings. The van der Waals surface area contributed by atoms with Crippen molar-refractivity contribution in [3.05, 3.63) is 48.0 Å². The van der Waals surface area contributed by atoms with E-state index in [-0.39, 0.29) is 12.5 Å². The minimum atomic E-state index is -0.167. The summed E-state index contributed by atoms with van der Waals surface area (Å²) in [5.74, 6) is 2.48. The van der Waals surface area contributed by atoms with Gasteiger partial charge in [0.1, 0.15) is 25.4 Å². The van der Waals surface area contributed by atoms with Gasteiger partial charge in [0, 0.05) is 47.6 Å². The number of pyridine rings is 2. The SMILES string of the molecule is COc1ncc(-c2cc(NC[C@@H](C)c3ccnc4c3OCCO4)ncn2)cc1CO. The van der Waals surface area contributed by atoms with Crippen molar-refractivity contribution in [3.8, 4) is 28.8 Å². The van der Waals surface area contributed by atoms with Crippen LogP contribution in [0.25, 0.3) is 11.3 Å². The van der Waals surface area contributed by atoms with Crippen LogP contribution in [0.4, 0.5) is 5.82 Å². The fourth-order valence-corrected chi connectivity index (χ4v) is 3.28. The second-order valence-corrected chi connectivity index (χ2v) is 6.85. The van der Waals surface area contributed by atoms with Gasteiger partial charge in [-0.05, 0) is 12.1 Å². The second-order valence-electron chi connectivity index (χ2n) is 6.85. The molecular weight excluding hydrogens is 386 g/mol. The van der Waals surface area contributed by atoms with E-state index >= 15 is 0 Å². The molecule has 9 nitrogen and oxygen atoms in total. The van der Waals surface area contributed by atoms with E-state index in [1.54, 1.807) is 18.5 Å². The molecule has 4 heterocycles. The zero-order chi connectivity index (χ0) is 20.9. The molecule has 0 saturated heterocycles. The Morgan fingerprint density at radius 2 is 2.03 bits per heavy atom. The minimum Gasteiger partial charge on any atom is -0.484 e. The highest BCUT2D eigenvalue weighted by Crippen LogP contribution is 2.35. The van der Waals surface area contributed by atoms with E-state index in [4.69, 9.17) is 14.2 Å². The van der Waals surface area contributed by atoms with Crippen molar-refractivity contribution in [1.29, 1.82) is 0 Å². The molecule has 30 heavy (non-hydrogen) atoms. The van der Waals surface area contributed by atoms with Crippen LogP contribution in [0, 0.1) is 0 Å². The highest BCUT2D eigenvalue weighted by atomic mass is 16.6. The molecule has 156 valence electrons. The van der Waals surface area contributed by atoms with Crippen LogP contribution in [0.2, 0.25) is 0 Å². The Labute approximate surface area is 174 Å². The molecule has 1 aliphatic heterocycles. The first-order valence-electron chi connectivity index (χ1n) is 9.64. The molecule has 0 radical (unpaired) electrons. The molecule has 2 N–H and O–H groups in total. The normalized spacial score (nSPS) is 13.6. The van der Waals surface area contributed by atoms with Crippen LogP contribution < -0.4 is 19.5 Å². The van der Waals surface area contributed by atoms with Gasteiger partial charge in [0.25, 0.3) is 5.88 Å². The van der Waals surface area contributed by atoms with Crippen LogP contribution in [0.1, 0.15) is 24.0 Å². The van der Waals surface area contributed by atoms with Gasteiger partial charge in [0.05, 0.1) is 19.4 Å². The number of hydrogen-bond acceptors (Lipinski definition) is 9. The van der Waals surface area contributed by atoms with Crippen molar-refractivity contribution in [3.63, 3.8) is 0 Å². The average Bonchev–Trinajstić information content (AvgIpc) is 2.81. The number of fused-ring (bicyclic) bond motifs is 1. The summed E-state index contributed by atoms with van der Waals surface area (Å²) in [5.41, 5.74) is 3.10. The number of hydrogen-bond donors (Lipinski definition) is 2. The van der Waals surface area contributed by atoms with Crippen molar-refractivity contribution < 1.29 is 19.3 Å². The van der Waals surface area contributed by atoms with Gasteiger partial charge in [-0.25, -0.2) is 19.9 Å². The number of aliphatic hydroxyl groups is 1. The molecule has 0 amide bonds. The topological polar surface area (TPSA) is 112 Å². The highest BCUT2D eigenvalue weighted by molar-refractivity contribution is 5.62. The molecule has 1 atom stereocenters. The lowest BCUT2D eigenvalue weighted by Crippen LogP contribution is -2.19. The summed E-state index contributed by atoms with van der Waals surface area (Å²) >= 11 is 0. The molecule has 0 fully saturated rings. The molecule has 9 heteroatoms. The lowest BCUT2D eigenvalue weighted by atomic mass is 10.0. The van der Waals surface area contributed by atoms with Gasteiger partial charge in [-0.3, -0.25) is 0 Å². The van der Waals surface area contributed by atoms with Crippen LogP contribution in [-0.2, 0) is 6.61 Å². The Bertz CT molecular complexity index is 1030. The summed E-state index contributed by atoms with van der Waals surface area (Å²) in [7, 11) is 1.52. The third-order valence-corrected chi connectivity index (χ3v) is 4.84. The lowest BCUT2D eigenvalue weighted by Gasteiger charge is -2.22. The number of methoxy groups -OCH3 is 1. The maximum atomic E-state index is 9.52. The molecule has 0 saturated carbocycles. The van der Waals surface area contributed by atoms with Crippen LogP contribution in [-0.4, -0.2) is 51.9 Å². The van der Waals surface area contributed by atoms with Crippen molar-refractivity contribution >= 4 is 5.82 Å². The van der Waals surface area contributed by atoms with Gasteiger partial charge in [-0.2, -0.15) is 0 Å². The Morgan fingerprint density at radius 1 is 1.17 bits per heavy atom. The van der Waals surface area contributed by atoms with Gasteiger partial charge in [-0.15, -0.1) is 0 Å². The Balaban J connectivity index is 1.49. The van der Waals surface area contributed by atoms with Gasteiger partial charge in [0.15, 0.2) is 5.75 Å². The van der Waals surface area contributed by atoms with Gasteiger partial charge < -0.3 is 24.6 Å². The summed E-state index contributed by atoms with van der Waals surface area (Å²) in [6.07, 6.45) is 4.89. The highest BCUT2D eigenvalue weighted by Gasteiger charge is 2.20. The van der Waals surface area contributed by atoms with E-state index in [0.29, 0.717) is 54.3 Å². The summed E-state index contributed by atoms with van der Waals surface area (Å²) in [4.78, 5) is 17.1. The number of nitrogens with one attached hydrogen (secondary N) is 1. The minimum absolute atomic E-state index is 0.144. The Kier molecular flexibility index (Phi) is 5.89. The van der Waals surface area contributed by atoms with Gasteiger partial charge in [0.2, 0.25) is 5.88 Å². The predicted octanol–water partition coefficient (Wildman–Crippen LogP) is 2.42.